The summed E-state index contributed by atoms with van der Waals surface area (Å²) >= 11 is 0. The summed E-state index contributed by atoms with van der Waals surface area (Å²) in [6.07, 6.45) is 3.53. The lowest BCUT2D eigenvalue weighted by molar-refractivity contribution is 0.0983. The summed E-state index contributed by atoms with van der Waals surface area (Å²) in [4.78, 5) is 5.45. The molecule has 0 radical (unpaired) electrons. The maximum absolute atomic E-state index is 5.55. The van der Waals surface area contributed by atoms with Crippen molar-refractivity contribution in [1.82, 2.24) is 4.73 Å². The molecule has 0 bridgehead atoms. The molecule has 3 heteroatoms. The molecule has 2 N–H and O–H groups in total. The monoisotopic (exact) mass is 188 g/mol. The van der Waals surface area contributed by atoms with Gasteiger partial charge >= 0.3 is 0 Å². The van der Waals surface area contributed by atoms with E-state index >= 15 is 0 Å². The molecule has 0 amide bonds. The first-order chi connectivity index (χ1) is 6.84. The van der Waals surface area contributed by atoms with Crippen LogP contribution in [0.4, 0.5) is 5.69 Å². The average Bonchev–Trinajstić information content (AvgIpc) is 2.63. The fourth-order valence-corrected chi connectivity index (χ4v) is 1.20. The molecular weight excluding hydrogens is 176 g/mol. The van der Waals surface area contributed by atoms with Crippen molar-refractivity contribution in [3.63, 3.8) is 0 Å². The van der Waals surface area contributed by atoms with Crippen molar-refractivity contribution in [3.8, 4) is 0 Å². The molecule has 1 heterocycles. The molecular formula is C11H12N2O. The third-order valence-corrected chi connectivity index (χ3v) is 1.91. The zero-order chi connectivity index (χ0) is 9.80. The van der Waals surface area contributed by atoms with Crippen LogP contribution in [-0.2, 0) is 6.61 Å². The number of nitrogens with two attached hydrogens (primary N) is 1. The Labute approximate surface area is 82.7 Å². The number of benzene rings is 1. The molecule has 0 aliphatic heterocycles. The lowest BCUT2D eigenvalue weighted by Gasteiger charge is -2.05. The summed E-state index contributed by atoms with van der Waals surface area (Å²) < 4.78 is 1.61. The van der Waals surface area contributed by atoms with Gasteiger partial charge in [-0.25, -0.2) is 0 Å². The number of hydrogen-bond donors (Lipinski definition) is 1. The van der Waals surface area contributed by atoms with Gasteiger partial charge in [-0.2, -0.15) is 4.73 Å². The Kier molecular flexibility index (Phi) is 2.40. The van der Waals surface area contributed by atoms with Gasteiger partial charge in [0.25, 0.3) is 0 Å². The molecule has 2 aromatic rings. The van der Waals surface area contributed by atoms with E-state index in [1.165, 1.54) is 0 Å². The molecule has 0 spiro atoms. The number of nitrogen functional groups attached to an aromatic ring is 1. The zero-order valence-corrected chi connectivity index (χ0v) is 7.76. The molecule has 0 fully saturated rings. The second-order valence-electron chi connectivity index (χ2n) is 3.06. The van der Waals surface area contributed by atoms with E-state index in [-0.39, 0.29) is 0 Å². The van der Waals surface area contributed by atoms with Gasteiger partial charge in [-0.1, -0.05) is 30.3 Å². The molecule has 2 rings (SSSR count). The Bertz CT molecular complexity index is 395. The summed E-state index contributed by atoms with van der Waals surface area (Å²) in [5.41, 5.74) is 7.39. The predicted octanol–water partition coefficient (Wildman–Crippen LogP) is 1.70. The van der Waals surface area contributed by atoms with E-state index in [1.807, 2.05) is 30.3 Å². The van der Waals surface area contributed by atoms with E-state index < -0.39 is 0 Å². The molecule has 14 heavy (non-hydrogen) atoms. The van der Waals surface area contributed by atoms with Gasteiger partial charge in [-0.3, -0.25) is 0 Å². The van der Waals surface area contributed by atoms with E-state index in [0.29, 0.717) is 12.3 Å². The summed E-state index contributed by atoms with van der Waals surface area (Å²) in [6, 6.07) is 11.8. The SMILES string of the molecule is Nc1ccn(OCc2ccccc2)c1. The summed E-state index contributed by atoms with van der Waals surface area (Å²) in [6.45, 7) is 0.551. The normalized spacial score (nSPS) is 10.0. The van der Waals surface area contributed by atoms with Crippen LogP contribution in [0.1, 0.15) is 5.56 Å². The highest BCUT2D eigenvalue weighted by Gasteiger charge is 1.94. The minimum atomic E-state index is 0.551. The molecule has 0 unspecified atom stereocenters. The molecule has 0 saturated heterocycles. The number of nitrogens with zero attached hydrogens (tertiary/aromatic N) is 1. The van der Waals surface area contributed by atoms with Crippen molar-refractivity contribution in [3.05, 3.63) is 54.4 Å². The first kappa shape index (κ1) is 8.69. The van der Waals surface area contributed by atoms with Crippen molar-refractivity contribution in [2.75, 3.05) is 5.73 Å². The second-order valence-corrected chi connectivity index (χ2v) is 3.06. The number of anilines is 1. The third kappa shape index (κ3) is 2.07. The molecule has 3 nitrogen and oxygen atoms in total. The second kappa shape index (κ2) is 3.87. The van der Waals surface area contributed by atoms with Crippen LogP contribution in [-0.4, -0.2) is 4.73 Å². The van der Waals surface area contributed by atoms with Crippen molar-refractivity contribution in [2.24, 2.45) is 0 Å². The summed E-state index contributed by atoms with van der Waals surface area (Å²) in [5, 5.41) is 0. The Morgan fingerprint density at radius 3 is 2.57 bits per heavy atom. The van der Waals surface area contributed by atoms with Gasteiger partial charge in [-0.05, 0) is 11.6 Å². The Morgan fingerprint density at radius 1 is 1.14 bits per heavy atom. The minimum absolute atomic E-state index is 0.551. The van der Waals surface area contributed by atoms with Crippen LogP contribution < -0.4 is 10.6 Å². The first-order valence-electron chi connectivity index (χ1n) is 4.45. The van der Waals surface area contributed by atoms with Crippen LogP contribution in [0.5, 0.6) is 0 Å². The van der Waals surface area contributed by atoms with Crippen LogP contribution in [0.15, 0.2) is 48.8 Å². The molecule has 0 aliphatic carbocycles. The van der Waals surface area contributed by atoms with Crippen molar-refractivity contribution < 1.29 is 4.84 Å². The molecule has 1 aromatic carbocycles. The molecule has 0 atom stereocenters. The van der Waals surface area contributed by atoms with Crippen LogP contribution in [0, 0.1) is 0 Å². The minimum Gasteiger partial charge on any atom is -0.410 e. The fourth-order valence-electron chi connectivity index (χ4n) is 1.20. The van der Waals surface area contributed by atoms with E-state index in [2.05, 4.69) is 0 Å². The van der Waals surface area contributed by atoms with Crippen LogP contribution in [0.2, 0.25) is 0 Å². The van der Waals surface area contributed by atoms with Gasteiger partial charge in [-0.15, -0.1) is 0 Å². The summed E-state index contributed by atoms with van der Waals surface area (Å²) in [7, 11) is 0. The highest BCUT2D eigenvalue weighted by atomic mass is 16.7. The van der Waals surface area contributed by atoms with Crippen molar-refractivity contribution in [2.45, 2.75) is 6.61 Å². The average molecular weight is 188 g/mol. The van der Waals surface area contributed by atoms with E-state index in [4.69, 9.17) is 10.6 Å². The zero-order valence-electron chi connectivity index (χ0n) is 7.76. The number of rotatable bonds is 3. The topological polar surface area (TPSA) is 40.2 Å². The van der Waals surface area contributed by atoms with Gasteiger partial charge in [0.1, 0.15) is 6.61 Å². The van der Waals surface area contributed by atoms with Gasteiger partial charge in [0.05, 0.1) is 11.9 Å². The highest BCUT2D eigenvalue weighted by molar-refractivity contribution is 5.33. The number of hydrogen-bond acceptors (Lipinski definition) is 2. The molecule has 0 aliphatic rings. The first-order valence-corrected chi connectivity index (χ1v) is 4.45. The standard InChI is InChI=1S/C11H12N2O/c12-11-6-7-13(8-11)14-9-10-4-2-1-3-5-10/h1-8H,9,12H2. The van der Waals surface area contributed by atoms with Crippen molar-refractivity contribution >= 4 is 5.69 Å². The largest absolute Gasteiger partial charge is 0.410 e. The maximum atomic E-state index is 5.55. The Hall–Kier alpha value is -1.90. The van der Waals surface area contributed by atoms with Gasteiger partial charge in [0.2, 0.25) is 0 Å². The van der Waals surface area contributed by atoms with Crippen LogP contribution in [0.3, 0.4) is 0 Å². The molecule has 1 aromatic heterocycles. The quantitative estimate of drug-likeness (QED) is 0.796. The molecule has 0 saturated carbocycles. The maximum Gasteiger partial charge on any atom is 0.140 e. The summed E-state index contributed by atoms with van der Waals surface area (Å²) in [5.74, 6) is 0. The van der Waals surface area contributed by atoms with Gasteiger partial charge in [0, 0.05) is 6.20 Å². The van der Waals surface area contributed by atoms with Gasteiger partial charge in [0.15, 0.2) is 0 Å². The van der Waals surface area contributed by atoms with Crippen LogP contribution in [0.25, 0.3) is 0 Å². The third-order valence-electron chi connectivity index (χ3n) is 1.91. The van der Waals surface area contributed by atoms with E-state index in [9.17, 15) is 0 Å². The predicted molar refractivity (Wildman–Crippen MR) is 55.6 cm³/mol. The highest BCUT2D eigenvalue weighted by Crippen LogP contribution is 2.02. The Balaban J connectivity index is 1.95. The van der Waals surface area contributed by atoms with Crippen LogP contribution >= 0.6 is 0 Å². The fraction of sp³-hybridized carbons (Fsp3) is 0.0909. The van der Waals surface area contributed by atoms with Gasteiger partial charge < -0.3 is 10.6 Å². The Morgan fingerprint density at radius 2 is 1.93 bits per heavy atom. The number of aromatic nitrogens is 1. The lowest BCUT2D eigenvalue weighted by Crippen LogP contribution is -2.08. The lowest BCUT2D eigenvalue weighted by atomic mass is 10.2. The smallest absolute Gasteiger partial charge is 0.140 e. The van der Waals surface area contributed by atoms with E-state index in [1.54, 1.807) is 23.2 Å². The van der Waals surface area contributed by atoms with Crippen molar-refractivity contribution in [1.29, 1.82) is 0 Å². The van der Waals surface area contributed by atoms with E-state index in [0.717, 1.165) is 5.56 Å². The molecule has 72 valence electrons.